The highest BCUT2D eigenvalue weighted by Crippen LogP contribution is 2.35. The van der Waals surface area contributed by atoms with Crippen LogP contribution in [0, 0.1) is 6.92 Å². The molecule has 0 saturated carbocycles. The second-order valence-corrected chi connectivity index (χ2v) is 8.96. The van der Waals surface area contributed by atoms with Gasteiger partial charge in [-0.2, -0.15) is 5.10 Å². The molecule has 1 saturated heterocycles. The summed E-state index contributed by atoms with van der Waals surface area (Å²) in [7, 11) is 0. The number of aromatic nitrogens is 2. The molecule has 1 aromatic heterocycles. The molecule has 0 aliphatic carbocycles. The Labute approximate surface area is 200 Å². The SMILES string of the molecule is CCOc1ccc(-c2nn(-c3ccccc3)cc2/C=C2\SC(=S)N(CC(=O)O)C2=O)cc1C. The van der Waals surface area contributed by atoms with Gasteiger partial charge >= 0.3 is 5.97 Å². The topological polar surface area (TPSA) is 84.7 Å². The fraction of sp³-hybridized carbons (Fsp3) is 0.167. The molecule has 3 aromatic rings. The Kier molecular flexibility index (Phi) is 6.62. The Morgan fingerprint density at radius 3 is 2.67 bits per heavy atom. The van der Waals surface area contributed by atoms with Crippen LogP contribution in [-0.4, -0.2) is 49.1 Å². The van der Waals surface area contributed by atoms with Gasteiger partial charge in [0.2, 0.25) is 0 Å². The number of nitrogens with zero attached hydrogens (tertiary/aromatic N) is 3. The van der Waals surface area contributed by atoms with Crippen molar-refractivity contribution in [2.75, 3.05) is 13.2 Å². The standard InChI is InChI=1S/C24H21N3O4S2/c1-3-31-19-10-9-16(11-15(19)2)22-17(13-27(25-22)18-7-5-4-6-8-18)12-20-23(30)26(14-21(28)29)24(32)33-20/h4-13H,3,14H2,1-2H3,(H,28,29)/b20-12-. The number of aryl methyl sites for hydroxylation is 1. The van der Waals surface area contributed by atoms with Crippen molar-refractivity contribution >= 4 is 46.3 Å². The molecule has 1 amide bonds. The number of carbonyl (C=O) groups excluding carboxylic acids is 1. The number of ether oxygens (including phenoxy) is 1. The fourth-order valence-corrected chi connectivity index (χ4v) is 4.70. The largest absolute Gasteiger partial charge is 0.494 e. The quantitative estimate of drug-likeness (QED) is 0.394. The minimum absolute atomic E-state index is 0.225. The van der Waals surface area contributed by atoms with Crippen LogP contribution in [0.3, 0.4) is 0 Å². The van der Waals surface area contributed by atoms with Gasteiger partial charge in [0.15, 0.2) is 0 Å². The van der Waals surface area contributed by atoms with E-state index in [2.05, 4.69) is 0 Å². The monoisotopic (exact) mass is 479 g/mol. The number of rotatable bonds is 7. The Balaban J connectivity index is 1.79. The van der Waals surface area contributed by atoms with Crippen LogP contribution >= 0.6 is 24.0 Å². The van der Waals surface area contributed by atoms with Gasteiger partial charge in [-0.05, 0) is 55.8 Å². The smallest absolute Gasteiger partial charge is 0.323 e. The molecule has 2 heterocycles. The number of thiocarbonyl (C=S) groups is 1. The molecule has 0 radical (unpaired) electrons. The van der Waals surface area contributed by atoms with Gasteiger partial charge in [0.25, 0.3) is 5.91 Å². The molecule has 7 nitrogen and oxygen atoms in total. The van der Waals surface area contributed by atoms with Crippen molar-refractivity contribution in [2.24, 2.45) is 0 Å². The number of benzene rings is 2. The lowest BCUT2D eigenvalue weighted by molar-refractivity contribution is -0.140. The third-order valence-corrected chi connectivity index (χ3v) is 6.34. The zero-order chi connectivity index (χ0) is 23.5. The van der Waals surface area contributed by atoms with Crippen LogP contribution in [0.4, 0.5) is 0 Å². The van der Waals surface area contributed by atoms with Crippen molar-refractivity contribution in [3.8, 4) is 22.7 Å². The minimum atomic E-state index is -1.12. The second-order valence-electron chi connectivity index (χ2n) is 7.29. The number of para-hydroxylation sites is 1. The number of thioether (sulfide) groups is 1. The number of carbonyl (C=O) groups is 2. The van der Waals surface area contributed by atoms with Gasteiger partial charge < -0.3 is 9.84 Å². The van der Waals surface area contributed by atoms with Crippen molar-refractivity contribution in [3.63, 3.8) is 0 Å². The van der Waals surface area contributed by atoms with E-state index in [0.717, 1.165) is 44.8 Å². The van der Waals surface area contributed by atoms with Crippen LogP contribution in [0.1, 0.15) is 18.1 Å². The van der Waals surface area contributed by atoms with Gasteiger partial charge in [0.05, 0.1) is 17.2 Å². The minimum Gasteiger partial charge on any atom is -0.494 e. The Morgan fingerprint density at radius 1 is 1.24 bits per heavy atom. The average molecular weight is 480 g/mol. The van der Waals surface area contributed by atoms with Crippen LogP contribution < -0.4 is 4.74 Å². The van der Waals surface area contributed by atoms with E-state index < -0.39 is 18.4 Å². The number of hydrogen-bond donors (Lipinski definition) is 1. The highest BCUT2D eigenvalue weighted by atomic mass is 32.2. The molecule has 1 fully saturated rings. The number of amides is 1. The van der Waals surface area contributed by atoms with Crippen LogP contribution in [-0.2, 0) is 9.59 Å². The molecule has 0 spiro atoms. The number of carboxylic acid groups (broad SMARTS) is 1. The fourth-order valence-electron chi connectivity index (χ4n) is 3.46. The van der Waals surface area contributed by atoms with Crippen LogP contribution in [0.25, 0.3) is 23.0 Å². The molecule has 0 bridgehead atoms. The molecule has 0 unspecified atom stereocenters. The first kappa shape index (κ1) is 22.8. The number of carboxylic acids is 1. The van der Waals surface area contributed by atoms with E-state index in [0.29, 0.717) is 17.2 Å². The lowest BCUT2D eigenvalue weighted by atomic mass is 10.0. The Bertz CT molecular complexity index is 1270. The second kappa shape index (κ2) is 9.60. The zero-order valence-electron chi connectivity index (χ0n) is 18.0. The van der Waals surface area contributed by atoms with Crippen molar-refractivity contribution in [2.45, 2.75) is 13.8 Å². The number of aliphatic carboxylic acids is 1. The van der Waals surface area contributed by atoms with E-state index in [-0.39, 0.29) is 4.32 Å². The summed E-state index contributed by atoms with van der Waals surface area (Å²) in [5, 5.41) is 13.9. The van der Waals surface area contributed by atoms with Crippen LogP contribution in [0.2, 0.25) is 0 Å². The Hall–Kier alpha value is -3.43. The van der Waals surface area contributed by atoms with Gasteiger partial charge in [0, 0.05) is 17.3 Å². The molecule has 33 heavy (non-hydrogen) atoms. The lowest BCUT2D eigenvalue weighted by Gasteiger charge is -2.10. The maximum absolute atomic E-state index is 12.8. The molecule has 4 rings (SSSR count). The number of hydrogen-bond acceptors (Lipinski definition) is 6. The van der Waals surface area contributed by atoms with E-state index in [1.54, 1.807) is 10.8 Å². The summed E-state index contributed by atoms with van der Waals surface area (Å²) in [6, 6.07) is 15.5. The summed E-state index contributed by atoms with van der Waals surface area (Å²) >= 11 is 6.31. The van der Waals surface area contributed by atoms with E-state index >= 15 is 0 Å². The third-order valence-electron chi connectivity index (χ3n) is 4.97. The normalized spacial score (nSPS) is 14.8. The van der Waals surface area contributed by atoms with E-state index in [1.165, 1.54) is 0 Å². The maximum Gasteiger partial charge on any atom is 0.323 e. The highest BCUT2D eigenvalue weighted by Gasteiger charge is 2.33. The van der Waals surface area contributed by atoms with Gasteiger partial charge in [0.1, 0.15) is 22.3 Å². The third kappa shape index (κ3) is 4.84. The van der Waals surface area contributed by atoms with Crippen LogP contribution in [0.15, 0.2) is 59.6 Å². The molecule has 1 aliphatic heterocycles. The van der Waals surface area contributed by atoms with Gasteiger partial charge in [-0.25, -0.2) is 4.68 Å². The first-order valence-electron chi connectivity index (χ1n) is 10.2. The van der Waals surface area contributed by atoms with E-state index in [9.17, 15) is 9.59 Å². The lowest BCUT2D eigenvalue weighted by Crippen LogP contribution is -2.33. The van der Waals surface area contributed by atoms with Crippen molar-refractivity contribution in [1.82, 2.24) is 14.7 Å². The molecule has 2 aromatic carbocycles. The summed E-state index contributed by atoms with van der Waals surface area (Å²) < 4.78 is 7.64. The first-order valence-corrected chi connectivity index (χ1v) is 11.5. The molecule has 9 heteroatoms. The van der Waals surface area contributed by atoms with E-state index in [4.69, 9.17) is 27.2 Å². The predicted octanol–water partition coefficient (Wildman–Crippen LogP) is 4.53. The summed E-state index contributed by atoms with van der Waals surface area (Å²) in [5.74, 6) is -0.733. The average Bonchev–Trinajstić information content (AvgIpc) is 3.32. The zero-order valence-corrected chi connectivity index (χ0v) is 19.7. The van der Waals surface area contributed by atoms with Crippen LogP contribution in [0.5, 0.6) is 5.75 Å². The molecule has 1 N–H and O–H groups in total. The van der Waals surface area contributed by atoms with Gasteiger partial charge in [-0.15, -0.1) is 0 Å². The summed E-state index contributed by atoms with van der Waals surface area (Å²) in [5.41, 5.74) is 4.13. The molecule has 0 atom stereocenters. The molecule has 1 aliphatic rings. The molecular formula is C24H21N3O4S2. The summed E-state index contributed by atoms with van der Waals surface area (Å²) in [6.07, 6.45) is 3.56. The summed E-state index contributed by atoms with van der Waals surface area (Å²) in [4.78, 5) is 25.4. The van der Waals surface area contributed by atoms with Gasteiger partial charge in [-0.1, -0.05) is 42.2 Å². The molecule has 168 valence electrons. The maximum atomic E-state index is 12.8. The first-order chi connectivity index (χ1) is 15.9. The van der Waals surface area contributed by atoms with Gasteiger partial charge in [-0.3, -0.25) is 14.5 Å². The molecular weight excluding hydrogens is 458 g/mol. The predicted molar refractivity (Wildman–Crippen MR) is 132 cm³/mol. The van der Waals surface area contributed by atoms with Crippen molar-refractivity contribution < 1.29 is 19.4 Å². The van der Waals surface area contributed by atoms with Crippen molar-refractivity contribution in [3.05, 3.63) is 70.8 Å². The Morgan fingerprint density at radius 2 is 2.00 bits per heavy atom. The summed E-state index contributed by atoms with van der Waals surface area (Å²) in [6.45, 7) is 4.02. The van der Waals surface area contributed by atoms with Crippen molar-refractivity contribution in [1.29, 1.82) is 0 Å². The van der Waals surface area contributed by atoms with E-state index in [1.807, 2.05) is 68.6 Å². The highest BCUT2D eigenvalue weighted by molar-refractivity contribution is 8.26.